The van der Waals surface area contributed by atoms with Gasteiger partial charge in [0.05, 0.1) is 28.8 Å². The van der Waals surface area contributed by atoms with E-state index in [-0.39, 0.29) is 17.2 Å². The Hall–Kier alpha value is -5.09. The third kappa shape index (κ3) is 9.71. The lowest BCUT2D eigenvalue weighted by molar-refractivity contribution is -0.143. The molecule has 15 heteroatoms. The lowest BCUT2D eigenvalue weighted by atomic mass is 9.73. The number of aromatic nitrogens is 1. The lowest BCUT2D eigenvalue weighted by Crippen LogP contribution is -2.69. The highest BCUT2D eigenvalue weighted by atomic mass is 32.1. The number of pyridine rings is 1. The van der Waals surface area contributed by atoms with Crippen LogP contribution in [0.15, 0.2) is 128 Å². The standard InChI is InChI=1S/C48H51F6N5O2SSi/c1-6-31-29-59-24-22-32(31)25-41(59)43(39-21-23-55-40-20-14-13-19-38(39)40)57-44(60)42(58-45(62)56-35-27-33(47(49,50)51)26-34(28-35)48(52,53)54)30(2)61-63(46(3,4)5,36-15-9-7-10-16-36)37-17-11-8-12-18-37/h6-21,23,26-28,30-32,41-43H,1,22,24-25,29H2,2-5H3,(H,57,60)(H2,56,58,62)/t30-,31+,32+,41+,42+,43+/m1/s1. The number of halogens is 6. The van der Waals surface area contributed by atoms with E-state index in [1.807, 2.05) is 97.1 Å². The zero-order chi connectivity index (χ0) is 45.3. The third-order valence-corrected chi connectivity index (χ3v) is 17.9. The minimum Gasteiger partial charge on any atom is -0.402 e. The largest absolute Gasteiger partial charge is 0.416 e. The second-order valence-corrected chi connectivity index (χ2v) is 22.2. The molecule has 5 aromatic rings. The summed E-state index contributed by atoms with van der Waals surface area (Å²) in [5.41, 5.74) is -1.98. The van der Waals surface area contributed by atoms with Crippen LogP contribution in [0.1, 0.15) is 63.3 Å². The molecule has 0 saturated carbocycles. The molecule has 3 N–H and O–H groups in total. The van der Waals surface area contributed by atoms with Gasteiger partial charge in [-0.3, -0.25) is 14.7 Å². The molecule has 63 heavy (non-hydrogen) atoms. The SMILES string of the molecule is C=C[C@H]1CN2CC[C@H]1C[C@H]2[C@@H](NC(=O)[C@@H](NC(=S)Nc1cc(C(F)(F)F)cc(C(F)(F)F)c1)[C@@H](C)O[Si](c1ccccc1)(c1ccccc1)C(C)(C)C)c1ccnc2ccccc12. The Labute approximate surface area is 370 Å². The second-order valence-electron chi connectivity index (χ2n) is 17.5. The monoisotopic (exact) mass is 903 g/mol. The fourth-order valence-electron chi connectivity index (χ4n) is 9.51. The molecule has 0 spiro atoms. The number of carbonyl (C=O) groups excluding carboxylic acids is 1. The van der Waals surface area contributed by atoms with Crippen LogP contribution < -0.4 is 26.3 Å². The van der Waals surface area contributed by atoms with Crippen LogP contribution in [0, 0.1) is 11.8 Å². The number of carbonyl (C=O) groups is 1. The molecule has 1 aromatic heterocycles. The molecule has 3 fully saturated rings. The number of piperidine rings is 3. The molecule has 8 rings (SSSR count). The molecule has 7 atom stereocenters. The van der Waals surface area contributed by atoms with E-state index in [4.69, 9.17) is 16.6 Å². The molecule has 1 amide bonds. The molecule has 1 unspecified atom stereocenters. The molecule has 2 bridgehead atoms. The first-order chi connectivity index (χ1) is 29.8. The van der Waals surface area contributed by atoms with E-state index in [1.165, 1.54) is 0 Å². The number of rotatable bonds is 12. The van der Waals surface area contributed by atoms with Crippen LogP contribution in [0.25, 0.3) is 10.9 Å². The first kappa shape index (κ1) is 45.9. The Balaban J connectivity index is 1.32. The van der Waals surface area contributed by atoms with Gasteiger partial charge in [0.15, 0.2) is 5.11 Å². The van der Waals surface area contributed by atoms with Crippen molar-refractivity contribution in [2.75, 3.05) is 18.4 Å². The van der Waals surface area contributed by atoms with Gasteiger partial charge < -0.3 is 20.4 Å². The molecule has 0 aliphatic carbocycles. The molecule has 3 saturated heterocycles. The van der Waals surface area contributed by atoms with E-state index in [2.05, 4.69) is 53.2 Å². The maximum absolute atomic E-state index is 15.4. The summed E-state index contributed by atoms with van der Waals surface area (Å²) in [7, 11) is -3.36. The maximum Gasteiger partial charge on any atom is 0.416 e. The van der Waals surface area contributed by atoms with Crippen molar-refractivity contribution in [2.24, 2.45) is 11.8 Å². The Morgan fingerprint density at radius 2 is 1.46 bits per heavy atom. The van der Waals surface area contributed by atoms with Gasteiger partial charge >= 0.3 is 12.4 Å². The van der Waals surface area contributed by atoms with Gasteiger partial charge in [-0.1, -0.05) is 106 Å². The van der Waals surface area contributed by atoms with Gasteiger partial charge in [-0.15, -0.1) is 6.58 Å². The van der Waals surface area contributed by atoms with Gasteiger partial charge in [0.1, 0.15) is 6.04 Å². The zero-order valence-corrected chi connectivity index (χ0v) is 37.3. The fraction of sp³-hybridized carbons (Fsp3) is 0.354. The summed E-state index contributed by atoms with van der Waals surface area (Å²) in [6, 6.07) is 28.3. The number of anilines is 1. The highest BCUT2D eigenvalue weighted by Gasteiger charge is 2.53. The summed E-state index contributed by atoms with van der Waals surface area (Å²) in [6.07, 6.45) is -5.66. The predicted octanol–water partition coefficient (Wildman–Crippen LogP) is 9.65. The van der Waals surface area contributed by atoms with Gasteiger partial charge in [0.25, 0.3) is 8.32 Å². The number of fused-ring (bicyclic) bond motifs is 4. The average molecular weight is 904 g/mol. The Kier molecular flexibility index (Phi) is 13.3. The minimum absolute atomic E-state index is 0.0475. The summed E-state index contributed by atoms with van der Waals surface area (Å²) >= 11 is 5.66. The molecule has 4 aromatic carbocycles. The van der Waals surface area contributed by atoms with Crippen LogP contribution in [-0.4, -0.2) is 60.5 Å². The number of thiocarbonyl (C=S) groups is 1. The van der Waals surface area contributed by atoms with Crippen LogP contribution >= 0.6 is 12.2 Å². The van der Waals surface area contributed by atoms with Crippen molar-refractivity contribution in [1.82, 2.24) is 20.5 Å². The van der Waals surface area contributed by atoms with Crippen molar-refractivity contribution in [3.05, 3.63) is 145 Å². The summed E-state index contributed by atoms with van der Waals surface area (Å²) in [6.45, 7) is 13.7. The van der Waals surface area contributed by atoms with Crippen LogP contribution in [-0.2, 0) is 21.6 Å². The number of amides is 1. The molecule has 4 heterocycles. The molecule has 332 valence electrons. The molecule has 3 aliphatic rings. The van der Waals surface area contributed by atoms with E-state index in [9.17, 15) is 26.3 Å². The lowest BCUT2D eigenvalue weighted by Gasteiger charge is -2.52. The quantitative estimate of drug-likeness (QED) is 0.0499. The van der Waals surface area contributed by atoms with Crippen molar-refractivity contribution >= 4 is 58.5 Å². The number of nitrogens with one attached hydrogen (secondary N) is 3. The first-order valence-corrected chi connectivity index (χ1v) is 23.3. The minimum atomic E-state index is -5.08. The normalized spacial score (nSPS) is 20.7. The van der Waals surface area contributed by atoms with E-state index in [1.54, 1.807) is 13.1 Å². The Morgan fingerprint density at radius 3 is 2.00 bits per heavy atom. The topological polar surface area (TPSA) is 78.5 Å². The summed E-state index contributed by atoms with van der Waals surface area (Å²) in [5, 5.41) is 10.8. The molecule has 3 aliphatic heterocycles. The molecular weight excluding hydrogens is 853 g/mol. The van der Waals surface area contributed by atoms with Crippen molar-refractivity contribution in [3.63, 3.8) is 0 Å². The van der Waals surface area contributed by atoms with Crippen LogP contribution in [0.3, 0.4) is 0 Å². The third-order valence-electron chi connectivity index (χ3n) is 12.5. The van der Waals surface area contributed by atoms with E-state index < -0.39 is 66.6 Å². The van der Waals surface area contributed by atoms with Gasteiger partial charge in [-0.05, 0) is 102 Å². The number of hydrogen-bond acceptors (Lipinski definition) is 5. The summed E-state index contributed by atoms with van der Waals surface area (Å²) in [5.74, 6) is 0.118. The average Bonchev–Trinajstić information content (AvgIpc) is 3.25. The van der Waals surface area contributed by atoms with Crippen LogP contribution in [0.4, 0.5) is 32.0 Å². The number of para-hydroxylation sites is 1. The highest BCUT2D eigenvalue weighted by molar-refractivity contribution is 7.80. The van der Waals surface area contributed by atoms with Crippen molar-refractivity contribution in [1.29, 1.82) is 0 Å². The van der Waals surface area contributed by atoms with E-state index >= 15 is 4.79 Å². The molecular formula is C48H51F6N5O2SSi. The number of hydrogen-bond donors (Lipinski definition) is 3. The Morgan fingerprint density at radius 1 is 0.873 bits per heavy atom. The summed E-state index contributed by atoms with van der Waals surface area (Å²) < 4.78 is 90.9. The predicted molar refractivity (Wildman–Crippen MR) is 242 cm³/mol. The smallest absolute Gasteiger partial charge is 0.402 e. The zero-order valence-electron chi connectivity index (χ0n) is 35.4. The summed E-state index contributed by atoms with van der Waals surface area (Å²) in [4.78, 5) is 22.3. The molecule has 7 nitrogen and oxygen atoms in total. The first-order valence-electron chi connectivity index (χ1n) is 21.0. The number of alkyl halides is 6. The van der Waals surface area contributed by atoms with Crippen molar-refractivity contribution in [2.45, 2.75) is 82.2 Å². The van der Waals surface area contributed by atoms with E-state index in [0.717, 1.165) is 52.8 Å². The van der Waals surface area contributed by atoms with Gasteiger partial charge in [0, 0.05) is 29.9 Å². The maximum atomic E-state index is 15.4. The van der Waals surface area contributed by atoms with Crippen molar-refractivity contribution < 1.29 is 35.6 Å². The van der Waals surface area contributed by atoms with Crippen LogP contribution in [0.2, 0.25) is 5.04 Å². The van der Waals surface area contributed by atoms with Gasteiger partial charge in [-0.25, -0.2) is 0 Å². The highest BCUT2D eigenvalue weighted by Crippen LogP contribution is 2.43. The van der Waals surface area contributed by atoms with Gasteiger partial charge in [0.2, 0.25) is 5.91 Å². The van der Waals surface area contributed by atoms with Crippen molar-refractivity contribution in [3.8, 4) is 0 Å². The fourth-order valence-corrected chi connectivity index (χ4v) is 14.5. The Bertz CT molecular complexity index is 2350. The molecule has 0 radical (unpaired) electrons. The number of nitrogens with zero attached hydrogens (tertiary/aromatic N) is 2. The second kappa shape index (κ2) is 18.2. The van der Waals surface area contributed by atoms with Crippen LogP contribution in [0.5, 0.6) is 0 Å². The van der Waals surface area contributed by atoms with E-state index in [0.29, 0.717) is 24.0 Å². The number of benzene rings is 4. The van der Waals surface area contributed by atoms with Gasteiger partial charge in [-0.2, -0.15) is 26.3 Å².